The molecule has 9 nitrogen and oxygen atoms in total. The van der Waals surface area contributed by atoms with E-state index in [0.717, 1.165) is 55.5 Å². The zero-order chi connectivity index (χ0) is 23.2. The molecule has 0 unspecified atom stereocenters. The molecular formula is C23H24ClN5O4. The van der Waals surface area contributed by atoms with Crippen molar-refractivity contribution in [2.45, 2.75) is 38.3 Å². The Bertz CT molecular complexity index is 1210. The summed E-state index contributed by atoms with van der Waals surface area (Å²) in [6, 6.07) is 11.1. The van der Waals surface area contributed by atoms with Crippen molar-refractivity contribution in [1.29, 1.82) is 0 Å². The summed E-state index contributed by atoms with van der Waals surface area (Å²) in [6.07, 6.45) is 2.60. The van der Waals surface area contributed by atoms with Crippen LogP contribution in [-0.2, 0) is 6.54 Å². The predicted molar refractivity (Wildman–Crippen MR) is 122 cm³/mol. The third kappa shape index (κ3) is 4.20. The van der Waals surface area contributed by atoms with Crippen molar-refractivity contribution in [2.24, 2.45) is 11.1 Å². The van der Waals surface area contributed by atoms with Gasteiger partial charge in [0.2, 0.25) is 0 Å². The van der Waals surface area contributed by atoms with Crippen LogP contribution < -0.4 is 10.6 Å². The zero-order valence-corrected chi connectivity index (χ0v) is 18.7. The monoisotopic (exact) mass is 469 g/mol. The topological polar surface area (TPSA) is 126 Å². The second-order valence-corrected chi connectivity index (χ2v) is 9.45. The van der Waals surface area contributed by atoms with Crippen molar-refractivity contribution >= 4 is 40.3 Å². The molecule has 2 fully saturated rings. The Hall–Kier alpha value is -3.33. The number of hydrogen-bond donors (Lipinski definition) is 2. The van der Waals surface area contributed by atoms with Crippen LogP contribution >= 0.6 is 11.6 Å². The molecule has 172 valence electrons. The fourth-order valence-electron chi connectivity index (χ4n) is 5.06. The number of benzene rings is 1. The molecule has 2 aromatic heterocycles. The fraction of sp³-hybridized carbons (Fsp3) is 0.391. The first-order valence-corrected chi connectivity index (χ1v) is 11.3. The van der Waals surface area contributed by atoms with Gasteiger partial charge in [-0.3, -0.25) is 9.69 Å². The minimum Gasteiger partial charge on any atom is -0.465 e. The predicted octanol–water partition coefficient (Wildman–Crippen LogP) is 3.90. The Morgan fingerprint density at radius 2 is 1.97 bits per heavy atom. The quantitative estimate of drug-likeness (QED) is 0.580. The van der Waals surface area contributed by atoms with Crippen molar-refractivity contribution < 1.29 is 19.2 Å². The number of hydrogen-bond acceptors (Lipinski definition) is 6. The molecule has 1 saturated carbocycles. The number of fused-ring (bicyclic) bond motifs is 1. The van der Waals surface area contributed by atoms with E-state index < -0.39 is 12.0 Å². The Morgan fingerprint density at radius 1 is 1.21 bits per heavy atom. The maximum atomic E-state index is 11.9. The normalized spacial score (nSPS) is 17.8. The Kier molecular flexibility index (Phi) is 5.36. The maximum Gasteiger partial charge on any atom is 0.407 e. The molecule has 3 aromatic rings. The first kappa shape index (κ1) is 21.5. The van der Waals surface area contributed by atoms with Crippen LogP contribution in [0.1, 0.15) is 41.9 Å². The van der Waals surface area contributed by atoms with E-state index >= 15 is 0 Å². The van der Waals surface area contributed by atoms with Gasteiger partial charge in [0.15, 0.2) is 11.5 Å². The number of nitrogens with two attached hydrogens (primary N) is 1. The smallest absolute Gasteiger partial charge is 0.407 e. The third-order valence-electron chi connectivity index (χ3n) is 6.95. The summed E-state index contributed by atoms with van der Waals surface area (Å²) in [6.45, 7) is 1.82. The Balaban J connectivity index is 1.20. The number of halogens is 1. The number of amides is 2. The van der Waals surface area contributed by atoms with Gasteiger partial charge in [-0.25, -0.2) is 9.78 Å². The standard InChI is InChI=1S/C23H24ClN5O4/c24-15-2-3-18-14(9-15)1-4-20(26-18)28-7-5-23(6-8-28)11-16(12-23)29(22(31)32)13-17-10-19(21(25)30)27-33-17/h1-4,9-10,16H,5-8,11-13H2,(H2,25,30)(H,31,32). The van der Waals surface area contributed by atoms with Gasteiger partial charge < -0.3 is 20.3 Å². The maximum absolute atomic E-state index is 11.9. The van der Waals surface area contributed by atoms with Gasteiger partial charge in [0, 0.05) is 35.6 Å². The molecule has 2 aliphatic rings. The van der Waals surface area contributed by atoms with Crippen LogP contribution in [0.3, 0.4) is 0 Å². The number of rotatable bonds is 5. The zero-order valence-electron chi connectivity index (χ0n) is 17.9. The van der Waals surface area contributed by atoms with E-state index in [1.165, 1.54) is 11.0 Å². The summed E-state index contributed by atoms with van der Waals surface area (Å²) in [5, 5.41) is 15.0. The molecule has 0 radical (unpaired) electrons. The minimum atomic E-state index is -1.01. The van der Waals surface area contributed by atoms with Crippen molar-refractivity contribution in [3.05, 3.63) is 52.9 Å². The van der Waals surface area contributed by atoms with Crippen molar-refractivity contribution in [1.82, 2.24) is 15.0 Å². The van der Waals surface area contributed by atoms with Crippen LogP contribution in [0, 0.1) is 5.41 Å². The van der Waals surface area contributed by atoms with Gasteiger partial charge in [-0.2, -0.15) is 0 Å². The van der Waals surface area contributed by atoms with E-state index in [1.54, 1.807) is 0 Å². The van der Waals surface area contributed by atoms with Gasteiger partial charge in [-0.15, -0.1) is 0 Å². The highest BCUT2D eigenvalue weighted by atomic mass is 35.5. The highest BCUT2D eigenvalue weighted by Gasteiger charge is 2.49. The molecule has 3 N–H and O–H groups in total. The SMILES string of the molecule is NC(=O)c1cc(CN(C(=O)O)C2CC3(CCN(c4ccc5cc(Cl)ccc5n4)CC3)C2)on1. The minimum absolute atomic E-state index is 0.00168. The number of pyridine rings is 1. The summed E-state index contributed by atoms with van der Waals surface area (Å²) < 4.78 is 5.09. The molecule has 5 rings (SSSR count). The highest BCUT2D eigenvalue weighted by molar-refractivity contribution is 6.31. The molecule has 33 heavy (non-hydrogen) atoms. The second kappa shape index (κ2) is 8.22. The molecular weight excluding hydrogens is 446 g/mol. The van der Waals surface area contributed by atoms with E-state index in [4.69, 9.17) is 26.8 Å². The van der Waals surface area contributed by atoms with E-state index in [1.807, 2.05) is 30.3 Å². The molecule has 1 spiro atoms. The van der Waals surface area contributed by atoms with Crippen LogP contribution in [-0.4, -0.2) is 51.3 Å². The van der Waals surface area contributed by atoms with Crippen LogP contribution in [0.15, 0.2) is 40.9 Å². The highest BCUT2D eigenvalue weighted by Crippen LogP contribution is 2.51. The van der Waals surface area contributed by atoms with Gasteiger partial charge >= 0.3 is 6.09 Å². The average Bonchev–Trinajstić information content (AvgIpc) is 3.25. The number of nitrogens with zero attached hydrogens (tertiary/aromatic N) is 4. The van der Waals surface area contributed by atoms with Crippen LogP contribution in [0.25, 0.3) is 10.9 Å². The number of aromatic nitrogens is 2. The van der Waals surface area contributed by atoms with Crippen molar-refractivity contribution in [3.63, 3.8) is 0 Å². The summed E-state index contributed by atoms with van der Waals surface area (Å²) in [5.41, 5.74) is 6.26. The lowest BCUT2D eigenvalue weighted by Gasteiger charge is -2.54. The molecule has 0 atom stereocenters. The number of piperidine rings is 1. The summed E-state index contributed by atoms with van der Waals surface area (Å²) in [7, 11) is 0. The largest absolute Gasteiger partial charge is 0.465 e. The Morgan fingerprint density at radius 3 is 2.64 bits per heavy atom. The molecule has 1 aliphatic heterocycles. The average molecular weight is 470 g/mol. The van der Waals surface area contributed by atoms with Gasteiger partial charge in [-0.1, -0.05) is 16.8 Å². The lowest BCUT2D eigenvalue weighted by Crippen LogP contribution is -2.56. The van der Waals surface area contributed by atoms with E-state index in [-0.39, 0.29) is 23.7 Å². The fourth-order valence-corrected chi connectivity index (χ4v) is 5.25. The van der Waals surface area contributed by atoms with E-state index in [0.29, 0.717) is 10.8 Å². The van der Waals surface area contributed by atoms with E-state index in [9.17, 15) is 14.7 Å². The molecule has 2 amide bonds. The van der Waals surface area contributed by atoms with Crippen LogP contribution in [0.2, 0.25) is 5.02 Å². The molecule has 10 heteroatoms. The number of primary amides is 1. The van der Waals surface area contributed by atoms with Crippen LogP contribution in [0.5, 0.6) is 0 Å². The lowest BCUT2D eigenvalue weighted by atomic mass is 9.60. The van der Waals surface area contributed by atoms with Crippen molar-refractivity contribution in [2.75, 3.05) is 18.0 Å². The molecule has 0 bridgehead atoms. The molecule has 1 saturated heterocycles. The number of carbonyl (C=O) groups is 2. The molecule has 1 aromatic carbocycles. The van der Waals surface area contributed by atoms with Crippen molar-refractivity contribution in [3.8, 4) is 0 Å². The van der Waals surface area contributed by atoms with Crippen LogP contribution in [0.4, 0.5) is 10.6 Å². The lowest BCUT2D eigenvalue weighted by molar-refractivity contribution is -0.0149. The third-order valence-corrected chi connectivity index (χ3v) is 7.18. The molecule has 1 aliphatic carbocycles. The summed E-state index contributed by atoms with van der Waals surface area (Å²) in [5.74, 6) is 0.565. The number of carbonyl (C=O) groups excluding carboxylic acids is 1. The Labute approximate surface area is 195 Å². The number of anilines is 1. The van der Waals surface area contributed by atoms with Gasteiger partial charge in [0.1, 0.15) is 5.82 Å². The van der Waals surface area contributed by atoms with Gasteiger partial charge in [0.25, 0.3) is 5.91 Å². The molecule has 3 heterocycles. The number of carboxylic acid groups (broad SMARTS) is 1. The summed E-state index contributed by atoms with van der Waals surface area (Å²) in [4.78, 5) is 31.5. The summed E-state index contributed by atoms with van der Waals surface area (Å²) >= 11 is 6.07. The second-order valence-electron chi connectivity index (χ2n) is 9.01. The van der Waals surface area contributed by atoms with Gasteiger partial charge in [0.05, 0.1) is 12.1 Å². The van der Waals surface area contributed by atoms with E-state index in [2.05, 4.69) is 10.1 Å². The first-order valence-electron chi connectivity index (χ1n) is 10.9. The first-order chi connectivity index (χ1) is 15.8. The van der Waals surface area contributed by atoms with Gasteiger partial charge in [-0.05, 0) is 61.4 Å².